The summed E-state index contributed by atoms with van der Waals surface area (Å²) in [7, 11) is 3.51. The van der Waals surface area contributed by atoms with E-state index >= 15 is 0 Å². The van der Waals surface area contributed by atoms with E-state index in [1.807, 2.05) is 24.1 Å². The molecule has 1 amide bonds. The number of ether oxygens (including phenoxy) is 1. The second-order valence-corrected chi connectivity index (χ2v) is 6.56. The van der Waals surface area contributed by atoms with Gasteiger partial charge in [-0.05, 0) is 55.4 Å². The molecule has 0 spiro atoms. The Morgan fingerprint density at radius 1 is 1.27 bits per heavy atom. The van der Waals surface area contributed by atoms with Crippen LogP contribution < -0.4 is 4.74 Å². The third-order valence-corrected chi connectivity index (χ3v) is 5.06. The van der Waals surface area contributed by atoms with Crippen molar-refractivity contribution in [2.24, 2.45) is 0 Å². The van der Waals surface area contributed by atoms with Crippen LogP contribution >= 0.6 is 11.6 Å². The lowest BCUT2D eigenvalue weighted by molar-refractivity contribution is -0.130. The number of methoxy groups -OCH3 is 1. The van der Waals surface area contributed by atoms with E-state index in [0.717, 1.165) is 31.4 Å². The van der Waals surface area contributed by atoms with Gasteiger partial charge in [0.25, 0.3) is 0 Å². The highest BCUT2D eigenvalue weighted by molar-refractivity contribution is 6.32. The first kappa shape index (κ1) is 15.4. The quantitative estimate of drug-likeness (QED) is 0.773. The number of allylic oxidation sites excluding steroid dienone is 1. The van der Waals surface area contributed by atoms with Gasteiger partial charge in [0.1, 0.15) is 5.75 Å². The van der Waals surface area contributed by atoms with Gasteiger partial charge in [-0.1, -0.05) is 23.3 Å². The van der Waals surface area contributed by atoms with Crippen molar-refractivity contribution in [1.82, 2.24) is 4.90 Å². The number of carbonyl (C=O) groups is 1. The maximum atomic E-state index is 12.9. The zero-order valence-electron chi connectivity index (χ0n) is 13.2. The molecular formula is C18H22ClNO2. The molecule has 1 aromatic carbocycles. The molecule has 3 nitrogen and oxygen atoms in total. The minimum Gasteiger partial charge on any atom is -0.495 e. The number of nitrogens with zero attached hydrogens (tertiary/aromatic N) is 1. The lowest BCUT2D eigenvalue weighted by Gasteiger charge is -2.26. The number of halogens is 1. The summed E-state index contributed by atoms with van der Waals surface area (Å²) in [5, 5.41) is 0.620. The number of hydrogen-bond donors (Lipinski definition) is 0. The summed E-state index contributed by atoms with van der Waals surface area (Å²) in [6.07, 6.45) is 7.56. The molecule has 0 saturated carbocycles. The SMILES string of the molecule is COc1cc2c(cc1Cl)CCN(C)C(=O)[C@@H]2C1=CCCCC1. The third kappa shape index (κ3) is 2.74. The molecule has 0 radical (unpaired) electrons. The molecule has 118 valence electrons. The van der Waals surface area contributed by atoms with E-state index in [-0.39, 0.29) is 11.8 Å². The number of likely N-dealkylation sites (N-methyl/N-ethyl adjacent to an activating group) is 1. The van der Waals surface area contributed by atoms with Crippen LogP contribution in [0.1, 0.15) is 42.7 Å². The standard InChI is InChI=1S/C18H22ClNO2/c1-20-9-8-13-10-15(19)16(22-2)11-14(13)17(18(20)21)12-6-4-3-5-7-12/h6,10-11,17H,3-5,7-9H2,1-2H3/t17-/m1/s1. The molecule has 1 aliphatic heterocycles. The topological polar surface area (TPSA) is 29.5 Å². The van der Waals surface area contributed by atoms with E-state index < -0.39 is 0 Å². The number of rotatable bonds is 2. The normalized spacial score (nSPS) is 22.0. The van der Waals surface area contributed by atoms with Crippen molar-refractivity contribution in [2.75, 3.05) is 20.7 Å². The molecule has 0 unspecified atom stereocenters. The van der Waals surface area contributed by atoms with Gasteiger partial charge in [0.05, 0.1) is 18.1 Å². The van der Waals surface area contributed by atoms with Gasteiger partial charge >= 0.3 is 0 Å². The molecule has 0 bridgehead atoms. The van der Waals surface area contributed by atoms with Gasteiger partial charge in [0.2, 0.25) is 5.91 Å². The van der Waals surface area contributed by atoms with Gasteiger partial charge in [0, 0.05) is 13.6 Å². The van der Waals surface area contributed by atoms with E-state index in [1.54, 1.807) is 7.11 Å². The summed E-state index contributed by atoms with van der Waals surface area (Å²) < 4.78 is 5.37. The Morgan fingerprint density at radius 2 is 2.09 bits per heavy atom. The maximum absolute atomic E-state index is 12.9. The van der Waals surface area contributed by atoms with Gasteiger partial charge < -0.3 is 9.64 Å². The van der Waals surface area contributed by atoms with E-state index in [0.29, 0.717) is 10.8 Å². The third-order valence-electron chi connectivity index (χ3n) is 4.76. The minimum absolute atomic E-state index is 0.172. The Kier molecular flexibility index (Phi) is 4.44. The lowest BCUT2D eigenvalue weighted by atomic mass is 9.82. The molecule has 2 aliphatic rings. The van der Waals surface area contributed by atoms with Gasteiger partial charge in [-0.15, -0.1) is 0 Å². The summed E-state index contributed by atoms with van der Waals surface area (Å²) in [6.45, 7) is 0.734. The largest absolute Gasteiger partial charge is 0.495 e. The molecule has 0 fully saturated rings. The first-order chi connectivity index (χ1) is 10.6. The second kappa shape index (κ2) is 6.33. The van der Waals surface area contributed by atoms with E-state index in [4.69, 9.17) is 16.3 Å². The second-order valence-electron chi connectivity index (χ2n) is 6.15. The Balaban J connectivity index is 2.13. The zero-order valence-corrected chi connectivity index (χ0v) is 13.9. The van der Waals surface area contributed by atoms with Crippen molar-refractivity contribution in [3.8, 4) is 5.75 Å². The van der Waals surface area contributed by atoms with Crippen LogP contribution in [0.5, 0.6) is 5.75 Å². The predicted molar refractivity (Wildman–Crippen MR) is 88.6 cm³/mol. The van der Waals surface area contributed by atoms with Gasteiger partial charge in [-0.25, -0.2) is 0 Å². The first-order valence-electron chi connectivity index (χ1n) is 7.92. The average molecular weight is 320 g/mol. The van der Waals surface area contributed by atoms with E-state index in [2.05, 4.69) is 6.08 Å². The van der Waals surface area contributed by atoms with Crippen LogP contribution in [-0.4, -0.2) is 31.5 Å². The molecule has 3 rings (SSSR count). The van der Waals surface area contributed by atoms with Crippen LogP contribution in [0.2, 0.25) is 5.02 Å². The first-order valence-corrected chi connectivity index (χ1v) is 8.30. The fraction of sp³-hybridized carbons (Fsp3) is 0.500. The summed E-state index contributed by atoms with van der Waals surface area (Å²) in [5.74, 6) is 0.671. The number of benzene rings is 1. The van der Waals surface area contributed by atoms with Gasteiger partial charge in [-0.3, -0.25) is 4.79 Å². The van der Waals surface area contributed by atoms with Gasteiger partial charge in [0.15, 0.2) is 0 Å². The molecule has 22 heavy (non-hydrogen) atoms. The zero-order chi connectivity index (χ0) is 15.7. The van der Waals surface area contributed by atoms with E-state index in [1.165, 1.54) is 24.0 Å². The number of amides is 1. The highest BCUT2D eigenvalue weighted by Crippen LogP contribution is 2.40. The average Bonchev–Trinajstić information content (AvgIpc) is 2.65. The number of carbonyl (C=O) groups excluding carboxylic acids is 1. The lowest BCUT2D eigenvalue weighted by Crippen LogP contribution is -2.32. The van der Waals surface area contributed by atoms with Crippen molar-refractivity contribution in [1.29, 1.82) is 0 Å². The fourth-order valence-electron chi connectivity index (χ4n) is 3.49. The van der Waals surface area contributed by atoms with Crippen LogP contribution in [0.25, 0.3) is 0 Å². The van der Waals surface area contributed by atoms with Crippen LogP contribution in [0, 0.1) is 0 Å². The Hall–Kier alpha value is -1.48. The molecule has 1 aliphatic carbocycles. The molecule has 1 aromatic rings. The summed E-state index contributed by atoms with van der Waals surface area (Å²) in [4.78, 5) is 14.8. The number of fused-ring (bicyclic) bond motifs is 1. The minimum atomic E-state index is -0.172. The Bertz CT molecular complexity index is 624. The summed E-state index contributed by atoms with van der Waals surface area (Å²) in [5.41, 5.74) is 3.50. The highest BCUT2D eigenvalue weighted by Gasteiger charge is 2.33. The maximum Gasteiger partial charge on any atom is 0.233 e. The van der Waals surface area contributed by atoms with Crippen LogP contribution in [0.3, 0.4) is 0 Å². The fourth-order valence-corrected chi connectivity index (χ4v) is 3.75. The van der Waals surface area contributed by atoms with Crippen LogP contribution in [0.15, 0.2) is 23.8 Å². The molecule has 0 aromatic heterocycles. The molecular weight excluding hydrogens is 298 g/mol. The monoisotopic (exact) mass is 319 g/mol. The summed E-state index contributed by atoms with van der Waals surface area (Å²) in [6, 6.07) is 3.94. The molecule has 0 N–H and O–H groups in total. The summed E-state index contributed by atoms with van der Waals surface area (Å²) >= 11 is 6.28. The Morgan fingerprint density at radius 3 is 2.77 bits per heavy atom. The van der Waals surface area contributed by atoms with Crippen LogP contribution in [0.4, 0.5) is 0 Å². The smallest absolute Gasteiger partial charge is 0.233 e. The van der Waals surface area contributed by atoms with E-state index in [9.17, 15) is 4.79 Å². The van der Waals surface area contributed by atoms with Crippen molar-refractivity contribution in [3.63, 3.8) is 0 Å². The van der Waals surface area contributed by atoms with Crippen molar-refractivity contribution in [2.45, 2.75) is 38.0 Å². The molecule has 1 heterocycles. The highest BCUT2D eigenvalue weighted by atomic mass is 35.5. The predicted octanol–water partition coefficient (Wildman–Crippen LogP) is 3.95. The van der Waals surface area contributed by atoms with Crippen molar-refractivity contribution in [3.05, 3.63) is 39.9 Å². The molecule has 0 saturated heterocycles. The van der Waals surface area contributed by atoms with Crippen molar-refractivity contribution < 1.29 is 9.53 Å². The van der Waals surface area contributed by atoms with Crippen LogP contribution in [-0.2, 0) is 11.2 Å². The number of hydrogen-bond acceptors (Lipinski definition) is 2. The molecule has 4 heteroatoms. The molecule has 1 atom stereocenters. The Labute approximate surface area is 136 Å². The van der Waals surface area contributed by atoms with Gasteiger partial charge in [-0.2, -0.15) is 0 Å². The van der Waals surface area contributed by atoms with Crippen molar-refractivity contribution >= 4 is 17.5 Å².